The third-order valence-electron chi connectivity index (χ3n) is 2.39. The summed E-state index contributed by atoms with van der Waals surface area (Å²) >= 11 is 0. The molecule has 0 bridgehead atoms. The molecular weight excluding hydrogens is 204 g/mol. The van der Waals surface area contributed by atoms with E-state index in [1.165, 1.54) is 0 Å². The number of hydrogen-bond donors (Lipinski definition) is 0. The highest BCUT2D eigenvalue weighted by molar-refractivity contribution is 5.97. The number of ether oxygens (including phenoxy) is 2. The van der Waals surface area contributed by atoms with Gasteiger partial charge in [0.05, 0.1) is 11.7 Å². The molecule has 0 saturated heterocycles. The van der Waals surface area contributed by atoms with E-state index in [2.05, 4.69) is 0 Å². The van der Waals surface area contributed by atoms with Gasteiger partial charge >= 0.3 is 0 Å². The minimum absolute atomic E-state index is 0.0149. The number of Topliss-reactive ketones (excluding diaryl/α,β-unsaturated/α-hetero) is 1. The summed E-state index contributed by atoms with van der Waals surface area (Å²) in [5, 5.41) is 0. The van der Waals surface area contributed by atoms with Gasteiger partial charge in [-0.25, -0.2) is 0 Å². The number of benzene rings is 1. The topological polar surface area (TPSA) is 35.5 Å². The van der Waals surface area contributed by atoms with Crippen molar-refractivity contribution in [2.24, 2.45) is 0 Å². The Morgan fingerprint density at radius 2 is 2.12 bits per heavy atom. The highest BCUT2D eigenvalue weighted by Crippen LogP contribution is 2.20. The molecule has 3 heteroatoms. The smallest absolute Gasteiger partial charge is 0.163 e. The number of rotatable bonds is 5. The molecule has 1 aromatic carbocycles. The number of ketones is 1. The van der Waals surface area contributed by atoms with Crippen LogP contribution < -0.4 is 4.74 Å². The molecule has 0 aliphatic heterocycles. The van der Waals surface area contributed by atoms with Crippen molar-refractivity contribution in [3.8, 4) is 5.75 Å². The molecular formula is C13H18O3. The van der Waals surface area contributed by atoms with Crippen molar-refractivity contribution in [3.63, 3.8) is 0 Å². The van der Waals surface area contributed by atoms with Crippen LogP contribution in [0, 0.1) is 6.92 Å². The number of methoxy groups -OCH3 is 1. The average molecular weight is 222 g/mol. The summed E-state index contributed by atoms with van der Waals surface area (Å²) < 4.78 is 10.6. The summed E-state index contributed by atoms with van der Waals surface area (Å²) in [7, 11) is 1.63. The molecule has 0 saturated carbocycles. The molecule has 3 nitrogen and oxygen atoms in total. The number of aryl methyl sites for hydroxylation is 1. The maximum atomic E-state index is 11.4. The van der Waals surface area contributed by atoms with Crippen LogP contribution in [0.25, 0.3) is 0 Å². The Kier molecular flexibility index (Phi) is 4.50. The van der Waals surface area contributed by atoms with E-state index in [1.54, 1.807) is 14.0 Å². The lowest BCUT2D eigenvalue weighted by Crippen LogP contribution is -2.17. The molecule has 0 fully saturated rings. The molecule has 0 aliphatic carbocycles. The Hall–Kier alpha value is -1.35. The third kappa shape index (κ3) is 3.35. The van der Waals surface area contributed by atoms with E-state index >= 15 is 0 Å². The van der Waals surface area contributed by atoms with Crippen molar-refractivity contribution in [1.29, 1.82) is 0 Å². The lowest BCUT2D eigenvalue weighted by molar-refractivity contribution is 0.0708. The van der Waals surface area contributed by atoms with Crippen LogP contribution in [-0.4, -0.2) is 25.6 Å². The monoisotopic (exact) mass is 222 g/mol. The summed E-state index contributed by atoms with van der Waals surface area (Å²) in [5.74, 6) is 0.644. The van der Waals surface area contributed by atoms with Gasteiger partial charge in [-0.05, 0) is 32.9 Å². The van der Waals surface area contributed by atoms with Crippen LogP contribution in [0.3, 0.4) is 0 Å². The third-order valence-corrected chi connectivity index (χ3v) is 2.39. The molecule has 0 aliphatic rings. The number of hydrogen-bond acceptors (Lipinski definition) is 3. The van der Waals surface area contributed by atoms with E-state index in [0.29, 0.717) is 17.9 Å². The van der Waals surface area contributed by atoms with Crippen LogP contribution in [0.1, 0.15) is 29.8 Å². The predicted octanol–water partition coefficient (Wildman–Crippen LogP) is 2.61. The Morgan fingerprint density at radius 3 is 2.69 bits per heavy atom. The van der Waals surface area contributed by atoms with Crippen molar-refractivity contribution < 1.29 is 14.3 Å². The highest BCUT2D eigenvalue weighted by Gasteiger charge is 2.10. The predicted molar refractivity (Wildman–Crippen MR) is 63.1 cm³/mol. The SMILES string of the molecule is COC(C)COc1ccc(C)cc1C(C)=O. The zero-order valence-corrected chi connectivity index (χ0v) is 10.2. The van der Waals surface area contributed by atoms with Gasteiger partial charge in [0.1, 0.15) is 12.4 Å². The van der Waals surface area contributed by atoms with Crippen molar-refractivity contribution in [1.82, 2.24) is 0 Å². The fourth-order valence-electron chi connectivity index (χ4n) is 1.32. The minimum Gasteiger partial charge on any atom is -0.490 e. The second kappa shape index (κ2) is 5.66. The molecule has 88 valence electrons. The first-order valence-corrected chi connectivity index (χ1v) is 5.31. The average Bonchev–Trinajstić information content (AvgIpc) is 2.26. The van der Waals surface area contributed by atoms with Crippen LogP contribution in [0.4, 0.5) is 0 Å². The first-order valence-electron chi connectivity index (χ1n) is 5.31. The largest absolute Gasteiger partial charge is 0.490 e. The van der Waals surface area contributed by atoms with Crippen molar-refractivity contribution >= 4 is 5.78 Å². The molecule has 0 amide bonds. The van der Waals surface area contributed by atoms with Crippen molar-refractivity contribution in [2.75, 3.05) is 13.7 Å². The summed E-state index contributed by atoms with van der Waals surface area (Å²) in [6.45, 7) is 5.86. The molecule has 0 spiro atoms. The van der Waals surface area contributed by atoms with Gasteiger partial charge in [-0.15, -0.1) is 0 Å². The Morgan fingerprint density at radius 1 is 1.44 bits per heavy atom. The van der Waals surface area contributed by atoms with E-state index in [1.807, 2.05) is 32.0 Å². The first-order chi connectivity index (χ1) is 7.54. The molecule has 1 rings (SSSR count). The van der Waals surface area contributed by atoms with Crippen LogP contribution in [-0.2, 0) is 4.74 Å². The molecule has 1 atom stereocenters. The molecule has 1 aromatic rings. The van der Waals surface area contributed by atoms with Gasteiger partial charge in [-0.3, -0.25) is 4.79 Å². The standard InChI is InChI=1S/C13H18O3/c1-9-5-6-13(12(7-9)11(3)14)16-8-10(2)15-4/h5-7,10H,8H2,1-4H3. The highest BCUT2D eigenvalue weighted by atomic mass is 16.5. The Balaban J connectivity index is 2.82. The summed E-state index contributed by atoms with van der Waals surface area (Å²) in [6, 6.07) is 5.60. The Labute approximate surface area is 96.4 Å². The van der Waals surface area contributed by atoms with Gasteiger partial charge in [0.25, 0.3) is 0 Å². The fraction of sp³-hybridized carbons (Fsp3) is 0.462. The van der Waals surface area contributed by atoms with Crippen LogP contribution in [0.2, 0.25) is 0 Å². The lowest BCUT2D eigenvalue weighted by atomic mass is 10.1. The molecule has 1 unspecified atom stereocenters. The maximum Gasteiger partial charge on any atom is 0.163 e. The molecule has 0 heterocycles. The molecule has 0 radical (unpaired) electrons. The number of carbonyl (C=O) groups excluding carboxylic acids is 1. The Bertz CT molecular complexity index is 371. The minimum atomic E-state index is 0.0149. The van der Waals surface area contributed by atoms with Gasteiger partial charge in [0.15, 0.2) is 5.78 Å². The van der Waals surface area contributed by atoms with Gasteiger partial charge < -0.3 is 9.47 Å². The lowest BCUT2D eigenvalue weighted by Gasteiger charge is -2.14. The number of carbonyl (C=O) groups is 1. The van der Waals surface area contributed by atoms with E-state index in [-0.39, 0.29) is 11.9 Å². The van der Waals surface area contributed by atoms with Gasteiger partial charge in [-0.2, -0.15) is 0 Å². The quantitative estimate of drug-likeness (QED) is 0.718. The fourth-order valence-corrected chi connectivity index (χ4v) is 1.32. The van der Waals surface area contributed by atoms with E-state index < -0.39 is 0 Å². The van der Waals surface area contributed by atoms with E-state index in [9.17, 15) is 4.79 Å². The van der Waals surface area contributed by atoms with Gasteiger partial charge in [-0.1, -0.05) is 11.6 Å². The molecule has 0 aromatic heterocycles. The zero-order chi connectivity index (χ0) is 12.1. The zero-order valence-electron chi connectivity index (χ0n) is 10.2. The molecule has 16 heavy (non-hydrogen) atoms. The van der Waals surface area contributed by atoms with Crippen molar-refractivity contribution in [3.05, 3.63) is 29.3 Å². The summed E-state index contributed by atoms with van der Waals surface area (Å²) in [5.41, 5.74) is 1.68. The second-order valence-electron chi connectivity index (χ2n) is 3.91. The van der Waals surface area contributed by atoms with Gasteiger partial charge in [0.2, 0.25) is 0 Å². The van der Waals surface area contributed by atoms with E-state index in [4.69, 9.17) is 9.47 Å². The summed E-state index contributed by atoms with van der Waals surface area (Å²) in [6.07, 6.45) is 0.0149. The van der Waals surface area contributed by atoms with Crippen LogP contribution >= 0.6 is 0 Å². The van der Waals surface area contributed by atoms with Gasteiger partial charge in [0, 0.05) is 7.11 Å². The second-order valence-corrected chi connectivity index (χ2v) is 3.91. The van der Waals surface area contributed by atoms with Crippen LogP contribution in [0.5, 0.6) is 5.75 Å². The van der Waals surface area contributed by atoms with Crippen LogP contribution in [0.15, 0.2) is 18.2 Å². The van der Waals surface area contributed by atoms with E-state index in [0.717, 1.165) is 5.56 Å². The van der Waals surface area contributed by atoms with Crippen molar-refractivity contribution in [2.45, 2.75) is 26.9 Å². The normalized spacial score (nSPS) is 12.2. The summed E-state index contributed by atoms with van der Waals surface area (Å²) in [4.78, 5) is 11.4. The first kappa shape index (κ1) is 12.7. The maximum absolute atomic E-state index is 11.4. The molecule has 0 N–H and O–H groups in total.